The third-order valence-electron chi connectivity index (χ3n) is 1.64. The lowest BCUT2D eigenvalue weighted by Crippen LogP contribution is -2.22. The molecule has 1 rings (SSSR count). The maximum Gasteiger partial charge on any atom is 0.266 e. The van der Waals surface area contributed by atoms with Crippen LogP contribution in [0.15, 0.2) is 17.3 Å². The maximum atomic E-state index is 11.4. The summed E-state index contributed by atoms with van der Waals surface area (Å²) >= 11 is 7.52. The predicted octanol–water partition coefficient (Wildman–Crippen LogP) is 1.87. The number of halogens is 2. The number of hydrogen-bond acceptors (Lipinski definition) is 2. The summed E-state index contributed by atoms with van der Waals surface area (Å²) in [6.45, 7) is 0.704. The Bertz CT molecular complexity index is 326. The number of unbranched alkanes of at least 4 members (excludes halogenated alkanes) is 1. The molecule has 13 heavy (non-hydrogen) atoms. The Morgan fingerprint density at radius 1 is 1.54 bits per heavy atom. The van der Waals surface area contributed by atoms with Crippen LogP contribution in [0.25, 0.3) is 0 Å². The van der Waals surface area contributed by atoms with Crippen molar-refractivity contribution in [2.75, 3.05) is 5.88 Å². The van der Waals surface area contributed by atoms with Gasteiger partial charge in [-0.1, -0.05) is 0 Å². The summed E-state index contributed by atoms with van der Waals surface area (Å²) in [4.78, 5) is 15.4. The van der Waals surface area contributed by atoms with E-state index in [1.54, 1.807) is 17.1 Å². The Labute approximate surface area is 95.3 Å². The van der Waals surface area contributed by atoms with Gasteiger partial charge in [-0.3, -0.25) is 9.36 Å². The summed E-state index contributed by atoms with van der Waals surface area (Å²) in [7, 11) is 0. The summed E-state index contributed by atoms with van der Waals surface area (Å²) < 4.78 is 2.28. The van der Waals surface area contributed by atoms with Gasteiger partial charge in [-0.2, -0.15) is 0 Å². The first kappa shape index (κ1) is 11.0. The molecule has 1 aromatic rings. The number of aromatic nitrogens is 2. The molecule has 3 nitrogen and oxygen atoms in total. The molecule has 0 atom stereocenters. The van der Waals surface area contributed by atoms with E-state index in [-0.39, 0.29) is 5.56 Å². The minimum Gasteiger partial charge on any atom is -0.298 e. The number of nitrogens with zero attached hydrogens (tertiary/aromatic N) is 2. The molecule has 0 saturated heterocycles. The van der Waals surface area contributed by atoms with Crippen molar-refractivity contribution in [3.63, 3.8) is 0 Å². The van der Waals surface area contributed by atoms with Gasteiger partial charge in [-0.05, 0) is 35.4 Å². The van der Waals surface area contributed by atoms with Crippen molar-refractivity contribution in [3.8, 4) is 0 Å². The number of rotatable bonds is 4. The molecule has 0 aliphatic heterocycles. The van der Waals surface area contributed by atoms with Crippen molar-refractivity contribution < 1.29 is 0 Å². The van der Waals surface area contributed by atoms with E-state index in [2.05, 4.69) is 4.98 Å². The van der Waals surface area contributed by atoms with Gasteiger partial charge in [-0.15, -0.1) is 11.6 Å². The van der Waals surface area contributed by atoms with Crippen LogP contribution in [0, 0.1) is 3.57 Å². The van der Waals surface area contributed by atoms with Crippen molar-refractivity contribution in [2.45, 2.75) is 19.4 Å². The summed E-state index contributed by atoms with van der Waals surface area (Å²) in [6.07, 6.45) is 4.99. The number of hydrogen-bond donors (Lipinski definition) is 0. The fourth-order valence-corrected chi connectivity index (χ4v) is 1.62. The van der Waals surface area contributed by atoms with Gasteiger partial charge in [0.1, 0.15) is 0 Å². The number of alkyl halides is 1. The molecule has 72 valence electrons. The molecule has 0 radical (unpaired) electrons. The van der Waals surface area contributed by atoms with Gasteiger partial charge in [0.05, 0.1) is 9.90 Å². The fraction of sp³-hybridized carbons (Fsp3) is 0.500. The molecule has 0 aliphatic carbocycles. The van der Waals surface area contributed by atoms with E-state index < -0.39 is 0 Å². The van der Waals surface area contributed by atoms with Crippen molar-refractivity contribution >= 4 is 34.2 Å². The molecular formula is C8H10ClIN2O. The van der Waals surface area contributed by atoms with Crippen LogP contribution in [0.4, 0.5) is 0 Å². The van der Waals surface area contributed by atoms with E-state index in [1.165, 1.54) is 0 Å². The fourth-order valence-electron chi connectivity index (χ4n) is 0.960. The van der Waals surface area contributed by atoms with Crippen LogP contribution in [-0.4, -0.2) is 15.4 Å². The second-order valence-electron chi connectivity index (χ2n) is 2.64. The Balaban J connectivity index is 2.67. The zero-order valence-corrected chi connectivity index (χ0v) is 9.96. The van der Waals surface area contributed by atoms with Gasteiger partial charge in [-0.25, -0.2) is 4.98 Å². The van der Waals surface area contributed by atoms with Crippen molar-refractivity contribution in [1.82, 2.24) is 9.55 Å². The Morgan fingerprint density at radius 3 is 3.00 bits per heavy atom. The Hall–Kier alpha value is -0.100. The van der Waals surface area contributed by atoms with Gasteiger partial charge >= 0.3 is 0 Å². The third-order valence-corrected chi connectivity index (χ3v) is 2.65. The quantitative estimate of drug-likeness (QED) is 0.483. The maximum absolute atomic E-state index is 11.4. The number of aryl methyl sites for hydroxylation is 1. The SMILES string of the molecule is O=c1c(I)cncn1CCCCCl. The first-order chi connectivity index (χ1) is 6.25. The highest BCUT2D eigenvalue weighted by molar-refractivity contribution is 14.1. The molecule has 0 aliphatic rings. The first-order valence-electron chi connectivity index (χ1n) is 4.01. The average Bonchev–Trinajstić information content (AvgIpc) is 2.13. The van der Waals surface area contributed by atoms with Crippen LogP contribution in [0.3, 0.4) is 0 Å². The normalized spacial score (nSPS) is 10.3. The predicted molar refractivity (Wildman–Crippen MR) is 61.2 cm³/mol. The van der Waals surface area contributed by atoms with E-state index in [0.29, 0.717) is 16.0 Å². The standard InChI is InChI=1S/C8H10ClIN2O/c9-3-1-2-4-12-6-11-5-7(10)8(12)13/h5-6H,1-4H2. The van der Waals surface area contributed by atoms with Crippen LogP contribution >= 0.6 is 34.2 Å². The van der Waals surface area contributed by atoms with Crippen LogP contribution in [0.5, 0.6) is 0 Å². The molecule has 0 aromatic carbocycles. The van der Waals surface area contributed by atoms with Gasteiger partial charge in [0.15, 0.2) is 0 Å². The van der Waals surface area contributed by atoms with Gasteiger partial charge < -0.3 is 0 Å². The molecule has 0 amide bonds. The lowest BCUT2D eigenvalue weighted by Gasteiger charge is -2.03. The second-order valence-corrected chi connectivity index (χ2v) is 4.18. The molecule has 0 unspecified atom stereocenters. The minimum atomic E-state index is 0.0326. The van der Waals surface area contributed by atoms with Crippen LogP contribution in [0.1, 0.15) is 12.8 Å². The van der Waals surface area contributed by atoms with Crippen LogP contribution < -0.4 is 5.56 Å². The second kappa shape index (κ2) is 5.59. The molecule has 0 N–H and O–H groups in total. The molecule has 0 bridgehead atoms. The van der Waals surface area contributed by atoms with E-state index in [9.17, 15) is 4.79 Å². The van der Waals surface area contributed by atoms with Crippen molar-refractivity contribution in [1.29, 1.82) is 0 Å². The molecule has 0 saturated carbocycles. The highest BCUT2D eigenvalue weighted by Crippen LogP contribution is 1.97. The third kappa shape index (κ3) is 3.27. The van der Waals surface area contributed by atoms with Gasteiger partial charge in [0.2, 0.25) is 0 Å². The first-order valence-corrected chi connectivity index (χ1v) is 5.63. The Morgan fingerprint density at radius 2 is 2.31 bits per heavy atom. The largest absolute Gasteiger partial charge is 0.298 e. The smallest absolute Gasteiger partial charge is 0.266 e. The topological polar surface area (TPSA) is 34.9 Å². The molecule has 0 spiro atoms. The van der Waals surface area contributed by atoms with E-state index in [4.69, 9.17) is 11.6 Å². The highest BCUT2D eigenvalue weighted by atomic mass is 127. The summed E-state index contributed by atoms with van der Waals surface area (Å²) in [6, 6.07) is 0. The molecule has 1 heterocycles. The lowest BCUT2D eigenvalue weighted by atomic mass is 10.3. The van der Waals surface area contributed by atoms with E-state index in [0.717, 1.165) is 12.8 Å². The molecule has 0 fully saturated rings. The summed E-state index contributed by atoms with van der Waals surface area (Å²) in [5, 5.41) is 0. The van der Waals surface area contributed by atoms with Gasteiger partial charge in [0.25, 0.3) is 5.56 Å². The molecule has 5 heteroatoms. The minimum absolute atomic E-state index is 0.0326. The van der Waals surface area contributed by atoms with Gasteiger partial charge in [0, 0.05) is 18.6 Å². The summed E-state index contributed by atoms with van der Waals surface area (Å²) in [5.41, 5.74) is 0.0326. The van der Waals surface area contributed by atoms with E-state index >= 15 is 0 Å². The van der Waals surface area contributed by atoms with Crippen molar-refractivity contribution in [3.05, 3.63) is 26.4 Å². The Kier molecular flexibility index (Phi) is 4.72. The summed E-state index contributed by atoms with van der Waals surface area (Å²) in [5.74, 6) is 0.645. The average molecular weight is 313 g/mol. The zero-order valence-electron chi connectivity index (χ0n) is 7.04. The molecule has 1 aromatic heterocycles. The lowest BCUT2D eigenvalue weighted by molar-refractivity contribution is 0.602. The van der Waals surface area contributed by atoms with Crippen molar-refractivity contribution in [2.24, 2.45) is 0 Å². The monoisotopic (exact) mass is 312 g/mol. The van der Waals surface area contributed by atoms with E-state index in [1.807, 2.05) is 22.6 Å². The highest BCUT2D eigenvalue weighted by Gasteiger charge is 1.99. The zero-order chi connectivity index (χ0) is 9.68. The molecular weight excluding hydrogens is 302 g/mol. The van der Waals surface area contributed by atoms with Crippen LogP contribution in [0.2, 0.25) is 0 Å². The van der Waals surface area contributed by atoms with Crippen LogP contribution in [-0.2, 0) is 6.54 Å².